The molecule has 1 amide bonds. The average molecular weight is 290 g/mol. The van der Waals surface area contributed by atoms with Crippen molar-refractivity contribution in [3.05, 3.63) is 0 Å². The van der Waals surface area contributed by atoms with E-state index in [1.807, 2.05) is 13.8 Å². The summed E-state index contributed by atoms with van der Waals surface area (Å²) in [6.07, 6.45) is 1.37. The van der Waals surface area contributed by atoms with E-state index in [0.29, 0.717) is 19.4 Å². The van der Waals surface area contributed by atoms with Gasteiger partial charge in [0.05, 0.1) is 15.9 Å². The number of hydrogen-bond acceptors (Lipinski definition) is 4. The maximum absolute atomic E-state index is 12.7. The first-order valence-electron chi connectivity index (χ1n) is 6.87. The first kappa shape index (κ1) is 16.4. The molecule has 1 heterocycles. The second-order valence-electron chi connectivity index (χ2n) is 6.00. The predicted octanol–water partition coefficient (Wildman–Crippen LogP) is 0.787. The van der Waals surface area contributed by atoms with Crippen LogP contribution in [-0.2, 0) is 14.6 Å². The summed E-state index contributed by atoms with van der Waals surface area (Å²) in [5, 5.41) is 0. The molecular formula is C13H26N2O3S. The van der Waals surface area contributed by atoms with Gasteiger partial charge in [0.25, 0.3) is 0 Å². The molecular weight excluding hydrogens is 264 g/mol. The summed E-state index contributed by atoms with van der Waals surface area (Å²) in [4.78, 5) is 14.3. The minimum absolute atomic E-state index is 0.00275. The summed E-state index contributed by atoms with van der Waals surface area (Å²) >= 11 is 0. The molecule has 1 aliphatic rings. The van der Waals surface area contributed by atoms with E-state index in [-0.39, 0.29) is 24.7 Å². The van der Waals surface area contributed by atoms with Crippen LogP contribution in [0, 0.1) is 5.41 Å². The number of amides is 1. The molecule has 0 spiro atoms. The van der Waals surface area contributed by atoms with Crippen LogP contribution in [-0.4, -0.2) is 49.4 Å². The number of sulfone groups is 1. The van der Waals surface area contributed by atoms with E-state index in [1.165, 1.54) is 0 Å². The third-order valence-electron chi connectivity index (χ3n) is 4.53. The molecule has 0 aromatic carbocycles. The molecule has 0 bridgehead atoms. The highest BCUT2D eigenvalue weighted by atomic mass is 32.2. The zero-order chi connectivity index (χ0) is 14.9. The van der Waals surface area contributed by atoms with Crippen molar-refractivity contribution in [2.75, 3.05) is 25.4 Å². The van der Waals surface area contributed by atoms with Gasteiger partial charge in [-0.25, -0.2) is 8.42 Å². The lowest BCUT2D eigenvalue weighted by atomic mass is 9.80. The fraction of sp³-hybridized carbons (Fsp3) is 0.923. The Labute approximate surface area is 116 Å². The van der Waals surface area contributed by atoms with Crippen molar-refractivity contribution < 1.29 is 13.2 Å². The standard InChI is InChI=1S/C13H26N2O3S/c1-5-13(6-2,9-14)11(16)15-7-8-19(17,18)12(3,4)10-15/h5-10,14H2,1-4H3. The van der Waals surface area contributed by atoms with E-state index in [1.54, 1.807) is 18.7 Å². The Kier molecular flexibility index (Phi) is 4.67. The van der Waals surface area contributed by atoms with Gasteiger partial charge in [-0.2, -0.15) is 0 Å². The average Bonchev–Trinajstić information content (AvgIpc) is 2.35. The highest BCUT2D eigenvalue weighted by Gasteiger charge is 2.45. The second-order valence-corrected chi connectivity index (χ2v) is 8.74. The van der Waals surface area contributed by atoms with Crippen LogP contribution in [0.4, 0.5) is 0 Å². The van der Waals surface area contributed by atoms with Crippen molar-refractivity contribution in [3.8, 4) is 0 Å². The molecule has 112 valence electrons. The quantitative estimate of drug-likeness (QED) is 0.830. The van der Waals surface area contributed by atoms with Crippen molar-refractivity contribution in [3.63, 3.8) is 0 Å². The minimum Gasteiger partial charge on any atom is -0.340 e. The third-order valence-corrected chi connectivity index (χ3v) is 7.06. The first-order valence-corrected chi connectivity index (χ1v) is 8.53. The molecule has 0 aliphatic carbocycles. The van der Waals surface area contributed by atoms with E-state index >= 15 is 0 Å². The van der Waals surface area contributed by atoms with Gasteiger partial charge in [0.1, 0.15) is 0 Å². The molecule has 19 heavy (non-hydrogen) atoms. The topological polar surface area (TPSA) is 80.5 Å². The normalized spacial score (nSPS) is 22.3. The molecule has 0 saturated carbocycles. The van der Waals surface area contributed by atoms with Crippen molar-refractivity contribution in [2.24, 2.45) is 11.1 Å². The van der Waals surface area contributed by atoms with Crippen molar-refractivity contribution in [1.82, 2.24) is 4.90 Å². The van der Waals surface area contributed by atoms with Crippen LogP contribution in [0.3, 0.4) is 0 Å². The highest BCUT2D eigenvalue weighted by molar-refractivity contribution is 7.92. The van der Waals surface area contributed by atoms with Gasteiger partial charge in [-0.1, -0.05) is 13.8 Å². The number of carbonyl (C=O) groups excluding carboxylic acids is 1. The number of hydrogen-bond donors (Lipinski definition) is 1. The summed E-state index contributed by atoms with van der Waals surface area (Å²) in [6.45, 7) is 8.14. The Hall–Kier alpha value is -0.620. The van der Waals surface area contributed by atoms with Gasteiger partial charge in [0.2, 0.25) is 5.91 Å². The molecule has 0 radical (unpaired) electrons. The highest BCUT2D eigenvalue weighted by Crippen LogP contribution is 2.31. The molecule has 0 atom stereocenters. The Bertz CT molecular complexity index is 431. The fourth-order valence-electron chi connectivity index (χ4n) is 2.58. The zero-order valence-corrected chi connectivity index (χ0v) is 13.2. The van der Waals surface area contributed by atoms with Crippen molar-refractivity contribution in [1.29, 1.82) is 0 Å². The number of rotatable bonds is 4. The van der Waals surface area contributed by atoms with E-state index < -0.39 is 20.0 Å². The van der Waals surface area contributed by atoms with Crippen LogP contribution in [0.25, 0.3) is 0 Å². The Balaban J connectivity index is 2.98. The van der Waals surface area contributed by atoms with Crippen LogP contribution >= 0.6 is 0 Å². The lowest BCUT2D eigenvalue weighted by Crippen LogP contribution is -2.58. The molecule has 0 aromatic heterocycles. The van der Waals surface area contributed by atoms with Gasteiger partial charge in [-0.3, -0.25) is 4.79 Å². The van der Waals surface area contributed by atoms with Gasteiger partial charge >= 0.3 is 0 Å². The molecule has 0 aromatic rings. The lowest BCUT2D eigenvalue weighted by molar-refractivity contribution is -0.142. The fourth-order valence-corrected chi connectivity index (χ4v) is 3.95. The van der Waals surface area contributed by atoms with Crippen LogP contribution in [0.2, 0.25) is 0 Å². The Morgan fingerprint density at radius 1 is 1.32 bits per heavy atom. The molecule has 1 aliphatic heterocycles. The molecule has 2 N–H and O–H groups in total. The smallest absolute Gasteiger partial charge is 0.230 e. The van der Waals surface area contributed by atoms with Crippen LogP contribution in [0.15, 0.2) is 0 Å². The molecule has 1 rings (SSSR count). The SMILES string of the molecule is CCC(CC)(CN)C(=O)N1CCS(=O)(=O)C(C)(C)C1. The van der Waals surface area contributed by atoms with Crippen molar-refractivity contribution >= 4 is 15.7 Å². The molecule has 6 heteroatoms. The maximum atomic E-state index is 12.7. The van der Waals surface area contributed by atoms with Gasteiger partial charge in [-0.15, -0.1) is 0 Å². The monoisotopic (exact) mass is 290 g/mol. The Morgan fingerprint density at radius 3 is 2.21 bits per heavy atom. The Morgan fingerprint density at radius 2 is 1.84 bits per heavy atom. The molecule has 1 fully saturated rings. The van der Waals surface area contributed by atoms with Crippen LogP contribution < -0.4 is 5.73 Å². The summed E-state index contributed by atoms with van der Waals surface area (Å²) in [5.74, 6) is 0.0442. The molecule has 0 unspecified atom stereocenters. The second kappa shape index (κ2) is 5.40. The lowest BCUT2D eigenvalue weighted by Gasteiger charge is -2.42. The van der Waals surface area contributed by atoms with E-state index in [2.05, 4.69) is 0 Å². The van der Waals surface area contributed by atoms with Gasteiger partial charge < -0.3 is 10.6 Å². The summed E-state index contributed by atoms with van der Waals surface area (Å²) in [7, 11) is -3.12. The summed E-state index contributed by atoms with van der Waals surface area (Å²) in [6, 6.07) is 0. The van der Waals surface area contributed by atoms with Gasteiger partial charge in [0.15, 0.2) is 9.84 Å². The van der Waals surface area contributed by atoms with Gasteiger partial charge in [0, 0.05) is 19.6 Å². The first-order chi connectivity index (χ1) is 8.65. The number of nitrogens with zero attached hydrogens (tertiary/aromatic N) is 1. The van der Waals surface area contributed by atoms with E-state index in [9.17, 15) is 13.2 Å². The van der Waals surface area contributed by atoms with Crippen LogP contribution in [0.5, 0.6) is 0 Å². The zero-order valence-electron chi connectivity index (χ0n) is 12.4. The molecule has 1 saturated heterocycles. The van der Waals surface area contributed by atoms with Gasteiger partial charge in [-0.05, 0) is 26.7 Å². The largest absolute Gasteiger partial charge is 0.340 e. The number of nitrogens with two attached hydrogens (primary N) is 1. The van der Waals surface area contributed by atoms with Crippen LogP contribution in [0.1, 0.15) is 40.5 Å². The minimum atomic E-state index is -3.12. The molecule has 5 nitrogen and oxygen atoms in total. The van der Waals surface area contributed by atoms with E-state index in [0.717, 1.165) is 0 Å². The maximum Gasteiger partial charge on any atom is 0.230 e. The summed E-state index contributed by atoms with van der Waals surface area (Å²) in [5.41, 5.74) is 5.25. The number of carbonyl (C=O) groups is 1. The van der Waals surface area contributed by atoms with E-state index in [4.69, 9.17) is 5.73 Å². The van der Waals surface area contributed by atoms with Crippen molar-refractivity contribution in [2.45, 2.75) is 45.3 Å². The summed E-state index contributed by atoms with van der Waals surface area (Å²) < 4.78 is 23.1. The third kappa shape index (κ3) is 2.79. The predicted molar refractivity (Wildman–Crippen MR) is 76.5 cm³/mol.